The molecular formula is C21H21N3O2S. The second-order valence-electron chi connectivity index (χ2n) is 6.04. The van der Waals surface area contributed by atoms with Gasteiger partial charge in [0.2, 0.25) is 0 Å². The molecule has 3 aromatic rings. The predicted molar refractivity (Wildman–Crippen MR) is 108 cm³/mol. The van der Waals surface area contributed by atoms with E-state index >= 15 is 0 Å². The van der Waals surface area contributed by atoms with E-state index in [0.717, 1.165) is 10.6 Å². The lowest BCUT2D eigenvalue weighted by Crippen LogP contribution is -2.33. The number of Topliss-reactive ketones (excluding diaryl/α,β-unsaturated/α-hetero) is 1. The van der Waals surface area contributed by atoms with Crippen molar-refractivity contribution in [3.05, 3.63) is 77.6 Å². The maximum Gasteiger partial charge on any atom is 0.292 e. The molecule has 0 saturated heterocycles. The van der Waals surface area contributed by atoms with Gasteiger partial charge >= 0.3 is 0 Å². The number of nitrogens with one attached hydrogen (secondary N) is 1. The number of aryl methyl sites for hydroxylation is 1. The number of hydrogen-bond acceptors (Lipinski definition) is 4. The minimum atomic E-state index is -0.595. The lowest BCUT2D eigenvalue weighted by Gasteiger charge is -2.06. The molecule has 27 heavy (non-hydrogen) atoms. The minimum absolute atomic E-state index is 0.368. The Balaban J connectivity index is 1.63. The van der Waals surface area contributed by atoms with Crippen LogP contribution in [0.1, 0.15) is 21.7 Å². The summed E-state index contributed by atoms with van der Waals surface area (Å²) in [4.78, 5) is 26.1. The van der Waals surface area contributed by atoms with E-state index in [-0.39, 0.29) is 0 Å². The van der Waals surface area contributed by atoms with Crippen LogP contribution in [0.3, 0.4) is 0 Å². The van der Waals surface area contributed by atoms with Gasteiger partial charge in [0, 0.05) is 17.2 Å². The molecule has 5 nitrogen and oxygen atoms in total. The minimum Gasteiger partial charge on any atom is -0.348 e. The third-order valence-electron chi connectivity index (χ3n) is 4.12. The predicted octanol–water partition coefficient (Wildman–Crippen LogP) is 3.58. The second kappa shape index (κ2) is 8.68. The number of benzene rings is 2. The Morgan fingerprint density at radius 1 is 1.00 bits per heavy atom. The van der Waals surface area contributed by atoms with Crippen LogP contribution in [-0.2, 0) is 4.79 Å². The Labute approximate surface area is 162 Å². The number of thioether (sulfide) groups is 1. The van der Waals surface area contributed by atoms with Gasteiger partial charge in [-0.3, -0.25) is 9.59 Å². The fourth-order valence-electron chi connectivity index (χ4n) is 2.84. The maximum atomic E-state index is 12.6. The van der Waals surface area contributed by atoms with Crippen LogP contribution in [0.4, 0.5) is 0 Å². The number of carbonyl (C=O) groups is 2. The molecule has 3 rings (SSSR count). The summed E-state index contributed by atoms with van der Waals surface area (Å²) in [7, 11) is 0. The topological polar surface area (TPSA) is 64.0 Å². The van der Waals surface area contributed by atoms with Crippen molar-refractivity contribution < 1.29 is 9.59 Å². The third-order valence-corrected chi connectivity index (χ3v) is 5.14. The fourth-order valence-corrected chi connectivity index (χ4v) is 3.63. The van der Waals surface area contributed by atoms with Crippen LogP contribution in [0.5, 0.6) is 0 Å². The zero-order valence-corrected chi connectivity index (χ0v) is 16.1. The van der Waals surface area contributed by atoms with Crippen molar-refractivity contribution in [3.8, 4) is 5.69 Å². The highest BCUT2D eigenvalue weighted by Gasteiger charge is 2.24. The van der Waals surface area contributed by atoms with Gasteiger partial charge in [0.25, 0.3) is 11.7 Å². The Hall–Kier alpha value is -2.86. The summed E-state index contributed by atoms with van der Waals surface area (Å²) in [5.41, 5.74) is 2.44. The highest BCUT2D eigenvalue weighted by Crippen LogP contribution is 2.19. The van der Waals surface area contributed by atoms with Gasteiger partial charge in [-0.2, -0.15) is 5.10 Å². The summed E-state index contributed by atoms with van der Waals surface area (Å²) in [5, 5.41) is 7.14. The van der Waals surface area contributed by atoms with Crippen LogP contribution in [0.25, 0.3) is 5.69 Å². The smallest absolute Gasteiger partial charge is 0.292 e. The van der Waals surface area contributed by atoms with E-state index in [4.69, 9.17) is 0 Å². The molecule has 0 bridgehead atoms. The summed E-state index contributed by atoms with van der Waals surface area (Å²) in [5.74, 6) is -0.441. The number of nitrogens with zero attached hydrogens (tertiary/aromatic N) is 2. The molecule has 1 heterocycles. The highest BCUT2D eigenvalue weighted by molar-refractivity contribution is 7.99. The first-order chi connectivity index (χ1) is 13.1. The van der Waals surface area contributed by atoms with Gasteiger partial charge in [-0.25, -0.2) is 4.68 Å². The largest absolute Gasteiger partial charge is 0.348 e. The molecular weight excluding hydrogens is 358 g/mol. The lowest BCUT2D eigenvalue weighted by molar-refractivity contribution is -0.116. The molecule has 1 aromatic heterocycles. The van der Waals surface area contributed by atoms with Crippen molar-refractivity contribution in [2.75, 3.05) is 12.3 Å². The van der Waals surface area contributed by atoms with Gasteiger partial charge in [-0.05, 0) is 38.1 Å². The van der Waals surface area contributed by atoms with E-state index in [0.29, 0.717) is 29.2 Å². The number of amides is 1. The molecule has 0 aliphatic heterocycles. The van der Waals surface area contributed by atoms with Crippen molar-refractivity contribution in [3.63, 3.8) is 0 Å². The van der Waals surface area contributed by atoms with Gasteiger partial charge < -0.3 is 5.32 Å². The molecule has 1 amide bonds. The van der Waals surface area contributed by atoms with E-state index in [1.807, 2.05) is 60.7 Å². The summed E-state index contributed by atoms with van der Waals surface area (Å²) >= 11 is 1.64. The van der Waals surface area contributed by atoms with Crippen LogP contribution in [0.15, 0.2) is 65.6 Å². The average Bonchev–Trinajstić information content (AvgIpc) is 3.00. The molecule has 0 atom stereocenters. The van der Waals surface area contributed by atoms with Crippen LogP contribution in [0, 0.1) is 13.8 Å². The Morgan fingerprint density at radius 2 is 1.63 bits per heavy atom. The third kappa shape index (κ3) is 4.46. The number of hydrogen-bond donors (Lipinski definition) is 1. The molecule has 0 spiro atoms. The van der Waals surface area contributed by atoms with Gasteiger partial charge in [0.15, 0.2) is 0 Å². The fraction of sp³-hybridized carbons (Fsp3) is 0.190. The molecule has 138 valence electrons. The first kappa shape index (κ1) is 18.9. The Morgan fingerprint density at radius 3 is 2.30 bits per heavy atom. The lowest BCUT2D eigenvalue weighted by atomic mass is 10.1. The summed E-state index contributed by atoms with van der Waals surface area (Å²) in [6.45, 7) is 3.98. The van der Waals surface area contributed by atoms with Crippen LogP contribution in [0.2, 0.25) is 0 Å². The van der Waals surface area contributed by atoms with Gasteiger partial charge in [0.1, 0.15) is 0 Å². The van der Waals surface area contributed by atoms with Crippen molar-refractivity contribution in [1.82, 2.24) is 15.1 Å². The number of carbonyl (C=O) groups excluding carboxylic acids is 2. The van der Waals surface area contributed by atoms with Crippen molar-refractivity contribution in [2.45, 2.75) is 18.7 Å². The highest BCUT2D eigenvalue weighted by atomic mass is 32.2. The molecule has 1 N–H and O–H groups in total. The van der Waals surface area contributed by atoms with Crippen LogP contribution in [-0.4, -0.2) is 33.8 Å². The normalized spacial score (nSPS) is 10.6. The van der Waals surface area contributed by atoms with Crippen LogP contribution >= 0.6 is 11.8 Å². The summed E-state index contributed by atoms with van der Waals surface area (Å²) in [6, 6.07) is 19.5. The van der Waals surface area contributed by atoms with E-state index in [9.17, 15) is 9.59 Å². The maximum absolute atomic E-state index is 12.6. The molecule has 0 radical (unpaired) electrons. The first-order valence-electron chi connectivity index (χ1n) is 8.70. The molecule has 6 heteroatoms. The number of rotatable bonds is 7. The van der Waals surface area contributed by atoms with E-state index in [1.54, 1.807) is 30.3 Å². The number of para-hydroxylation sites is 1. The second-order valence-corrected chi connectivity index (χ2v) is 7.21. The quantitative estimate of drug-likeness (QED) is 0.295. The molecule has 2 aromatic carbocycles. The van der Waals surface area contributed by atoms with Gasteiger partial charge in [-0.1, -0.05) is 36.4 Å². The monoisotopic (exact) mass is 379 g/mol. The number of ketones is 1. The zero-order chi connectivity index (χ0) is 19.2. The van der Waals surface area contributed by atoms with E-state index in [1.165, 1.54) is 0 Å². The zero-order valence-electron chi connectivity index (χ0n) is 15.3. The van der Waals surface area contributed by atoms with E-state index < -0.39 is 11.7 Å². The van der Waals surface area contributed by atoms with Crippen molar-refractivity contribution >= 4 is 23.5 Å². The summed E-state index contributed by atoms with van der Waals surface area (Å²) < 4.78 is 1.70. The van der Waals surface area contributed by atoms with Gasteiger partial charge in [0.05, 0.1) is 22.6 Å². The Bertz CT molecular complexity index is 937. The van der Waals surface area contributed by atoms with E-state index in [2.05, 4.69) is 10.4 Å². The van der Waals surface area contributed by atoms with Crippen molar-refractivity contribution in [2.24, 2.45) is 0 Å². The molecule has 0 aliphatic carbocycles. The SMILES string of the molecule is Cc1nn(-c2ccccc2)c(C)c1C(=O)C(=O)NCCSc1ccccc1. The molecule has 0 aliphatic rings. The molecule has 0 fully saturated rings. The van der Waals surface area contributed by atoms with Crippen LogP contribution < -0.4 is 5.32 Å². The molecule has 0 unspecified atom stereocenters. The average molecular weight is 379 g/mol. The molecule has 0 saturated carbocycles. The van der Waals surface area contributed by atoms with Gasteiger partial charge in [-0.15, -0.1) is 11.8 Å². The standard InChI is InChI=1S/C21H21N3O2S/c1-15-19(16(2)24(23-15)17-9-5-3-6-10-17)20(25)21(26)22-13-14-27-18-11-7-4-8-12-18/h3-12H,13-14H2,1-2H3,(H,22,26). The first-order valence-corrected chi connectivity index (χ1v) is 9.68. The number of aromatic nitrogens is 2. The Kier molecular flexibility index (Phi) is 6.08. The van der Waals surface area contributed by atoms with Crippen molar-refractivity contribution in [1.29, 1.82) is 0 Å². The summed E-state index contributed by atoms with van der Waals surface area (Å²) in [6.07, 6.45) is 0.